The summed E-state index contributed by atoms with van der Waals surface area (Å²) in [6.07, 6.45) is 1.70. The van der Waals surface area contributed by atoms with Crippen molar-refractivity contribution in [2.75, 3.05) is 31.1 Å². The highest BCUT2D eigenvalue weighted by molar-refractivity contribution is 6.42. The molecule has 2 aromatic carbocycles. The van der Waals surface area contributed by atoms with Gasteiger partial charge in [0.2, 0.25) is 0 Å². The molecule has 1 aliphatic rings. The maximum Gasteiger partial charge on any atom is 0.146 e. The van der Waals surface area contributed by atoms with Crippen LogP contribution in [0.1, 0.15) is 22.4 Å². The van der Waals surface area contributed by atoms with E-state index >= 15 is 0 Å². The highest BCUT2D eigenvalue weighted by Gasteiger charge is 2.24. The van der Waals surface area contributed by atoms with E-state index in [-0.39, 0.29) is 0 Å². The Morgan fingerprint density at radius 2 is 1.61 bits per heavy atom. The Labute approximate surface area is 204 Å². The Bertz CT molecular complexity index is 1280. The lowest BCUT2D eigenvalue weighted by Crippen LogP contribution is -2.46. The van der Waals surface area contributed by atoms with Crippen LogP contribution in [0.5, 0.6) is 0 Å². The van der Waals surface area contributed by atoms with Crippen LogP contribution in [0, 0.1) is 13.8 Å². The van der Waals surface area contributed by atoms with E-state index in [1.54, 1.807) is 6.33 Å². The molecule has 5 nitrogen and oxygen atoms in total. The fourth-order valence-electron chi connectivity index (χ4n) is 4.68. The van der Waals surface area contributed by atoms with Gasteiger partial charge < -0.3 is 9.47 Å². The van der Waals surface area contributed by atoms with Crippen molar-refractivity contribution >= 4 is 40.1 Å². The molecule has 4 aromatic rings. The van der Waals surface area contributed by atoms with E-state index in [9.17, 15) is 0 Å². The Morgan fingerprint density at radius 1 is 0.848 bits per heavy atom. The summed E-state index contributed by atoms with van der Waals surface area (Å²) in [5.41, 5.74) is 5.85. The first kappa shape index (κ1) is 22.2. The number of hydrogen-bond acceptors (Lipinski definition) is 4. The van der Waals surface area contributed by atoms with Gasteiger partial charge in [-0.1, -0.05) is 65.7 Å². The zero-order valence-electron chi connectivity index (χ0n) is 18.9. The van der Waals surface area contributed by atoms with Gasteiger partial charge in [0.15, 0.2) is 0 Å². The lowest BCUT2D eigenvalue weighted by atomic mass is 10.1. The SMILES string of the molecule is Cc1c(C)n(Cc2ccccc2)c2ncnc(N3CCN(Cc4cccc(Cl)c4Cl)CC3)c12. The largest absolute Gasteiger partial charge is 0.353 e. The number of halogens is 2. The van der Waals surface area contributed by atoms with Crippen molar-refractivity contribution in [1.29, 1.82) is 0 Å². The number of benzene rings is 2. The number of aromatic nitrogens is 3. The fraction of sp³-hybridized carbons (Fsp3) is 0.308. The van der Waals surface area contributed by atoms with Gasteiger partial charge in [-0.25, -0.2) is 9.97 Å². The van der Waals surface area contributed by atoms with Crippen LogP contribution in [0.4, 0.5) is 5.82 Å². The lowest BCUT2D eigenvalue weighted by Gasteiger charge is -2.35. The molecule has 0 bridgehead atoms. The summed E-state index contributed by atoms with van der Waals surface area (Å²) < 4.78 is 2.31. The van der Waals surface area contributed by atoms with Crippen LogP contribution >= 0.6 is 23.2 Å². The molecule has 2 aromatic heterocycles. The first-order chi connectivity index (χ1) is 16.0. The normalized spacial score (nSPS) is 14.8. The van der Waals surface area contributed by atoms with Gasteiger partial charge in [-0.3, -0.25) is 4.90 Å². The number of aryl methyl sites for hydroxylation is 1. The monoisotopic (exact) mass is 479 g/mol. The van der Waals surface area contributed by atoms with Crippen molar-refractivity contribution < 1.29 is 0 Å². The Hall–Kier alpha value is -2.60. The van der Waals surface area contributed by atoms with Gasteiger partial charge in [-0.05, 0) is 36.6 Å². The second-order valence-corrected chi connectivity index (χ2v) is 9.44. The summed E-state index contributed by atoms with van der Waals surface area (Å²) >= 11 is 12.6. The van der Waals surface area contributed by atoms with Crippen molar-refractivity contribution in [3.05, 3.63) is 87.3 Å². The summed E-state index contributed by atoms with van der Waals surface area (Å²) in [7, 11) is 0. The van der Waals surface area contributed by atoms with Crippen LogP contribution in [0.25, 0.3) is 11.0 Å². The minimum Gasteiger partial charge on any atom is -0.353 e. The predicted molar refractivity (Wildman–Crippen MR) is 136 cm³/mol. The molecule has 170 valence electrons. The van der Waals surface area contributed by atoms with Gasteiger partial charge in [-0.2, -0.15) is 0 Å². The average Bonchev–Trinajstić information content (AvgIpc) is 3.08. The van der Waals surface area contributed by atoms with E-state index in [1.165, 1.54) is 16.8 Å². The molecule has 1 fully saturated rings. The first-order valence-electron chi connectivity index (χ1n) is 11.3. The Kier molecular flexibility index (Phi) is 6.28. The molecule has 0 unspecified atom stereocenters. The first-order valence-corrected chi connectivity index (χ1v) is 12.0. The minimum atomic E-state index is 0.613. The number of rotatable bonds is 5. The van der Waals surface area contributed by atoms with Crippen LogP contribution in [0.3, 0.4) is 0 Å². The van der Waals surface area contributed by atoms with E-state index in [0.717, 1.165) is 61.7 Å². The third-order valence-electron chi connectivity index (χ3n) is 6.67. The smallest absolute Gasteiger partial charge is 0.146 e. The highest BCUT2D eigenvalue weighted by atomic mass is 35.5. The molecular formula is C26H27Cl2N5. The molecule has 0 spiro atoms. The van der Waals surface area contributed by atoms with E-state index in [1.807, 2.05) is 12.1 Å². The third kappa shape index (κ3) is 4.33. The molecule has 0 saturated carbocycles. The third-order valence-corrected chi connectivity index (χ3v) is 7.52. The van der Waals surface area contributed by atoms with E-state index < -0.39 is 0 Å². The highest BCUT2D eigenvalue weighted by Crippen LogP contribution is 2.32. The molecule has 33 heavy (non-hydrogen) atoms. The van der Waals surface area contributed by atoms with Crippen LogP contribution in [0.15, 0.2) is 54.9 Å². The second kappa shape index (κ2) is 9.34. The minimum absolute atomic E-state index is 0.613. The number of nitrogens with zero attached hydrogens (tertiary/aromatic N) is 5. The molecule has 0 aliphatic carbocycles. The van der Waals surface area contributed by atoms with Crippen molar-refractivity contribution in [3.63, 3.8) is 0 Å². The summed E-state index contributed by atoms with van der Waals surface area (Å²) in [4.78, 5) is 14.2. The summed E-state index contributed by atoms with van der Waals surface area (Å²) in [6.45, 7) is 9.67. The maximum atomic E-state index is 6.41. The zero-order chi connectivity index (χ0) is 22.9. The van der Waals surface area contributed by atoms with Crippen LogP contribution < -0.4 is 4.90 Å². The van der Waals surface area contributed by atoms with Gasteiger partial charge in [0, 0.05) is 45.0 Å². The predicted octanol–water partition coefficient (Wildman–Crippen LogP) is 5.73. The van der Waals surface area contributed by atoms with Crippen molar-refractivity contribution in [2.45, 2.75) is 26.9 Å². The van der Waals surface area contributed by atoms with Crippen LogP contribution in [-0.2, 0) is 13.1 Å². The molecule has 3 heterocycles. The molecule has 1 saturated heterocycles. The molecule has 0 radical (unpaired) electrons. The Morgan fingerprint density at radius 3 is 2.36 bits per heavy atom. The van der Waals surface area contributed by atoms with Crippen molar-refractivity contribution in [1.82, 2.24) is 19.4 Å². The van der Waals surface area contributed by atoms with Gasteiger partial charge >= 0.3 is 0 Å². The molecule has 0 atom stereocenters. The van der Waals surface area contributed by atoms with Crippen molar-refractivity contribution in [3.8, 4) is 0 Å². The maximum absolute atomic E-state index is 6.41. The topological polar surface area (TPSA) is 37.2 Å². The molecule has 5 rings (SSSR count). The second-order valence-electron chi connectivity index (χ2n) is 8.65. The zero-order valence-corrected chi connectivity index (χ0v) is 20.4. The number of piperazine rings is 1. The lowest BCUT2D eigenvalue weighted by molar-refractivity contribution is 0.249. The standard InChI is InChI=1S/C26H27Cl2N5/c1-18-19(2)33(15-20-7-4-3-5-8-20)26-23(18)25(29-17-30-26)32-13-11-31(12-14-32)16-21-9-6-10-22(27)24(21)28/h3-10,17H,11-16H2,1-2H3. The molecule has 0 amide bonds. The fourth-order valence-corrected chi connectivity index (χ4v) is 5.06. The molecule has 7 heteroatoms. The molecular weight excluding hydrogens is 453 g/mol. The molecule has 1 aliphatic heterocycles. The average molecular weight is 480 g/mol. The number of fused-ring (bicyclic) bond motifs is 1. The number of anilines is 1. The quantitative estimate of drug-likeness (QED) is 0.366. The van der Waals surface area contributed by atoms with Crippen LogP contribution in [0.2, 0.25) is 10.0 Å². The number of hydrogen-bond donors (Lipinski definition) is 0. The van der Waals surface area contributed by atoms with Gasteiger partial charge in [0.1, 0.15) is 17.8 Å². The van der Waals surface area contributed by atoms with E-state index in [0.29, 0.717) is 10.0 Å². The van der Waals surface area contributed by atoms with E-state index in [2.05, 4.69) is 64.6 Å². The van der Waals surface area contributed by atoms with Crippen molar-refractivity contribution in [2.24, 2.45) is 0 Å². The summed E-state index contributed by atoms with van der Waals surface area (Å²) in [5.74, 6) is 1.04. The van der Waals surface area contributed by atoms with Crippen LogP contribution in [-0.4, -0.2) is 45.6 Å². The van der Waals surface area contributed by atoms with Gasteiger partial charge in [0.25, 0.3) is 0 Å². The summed E-state index contributed by atoms with van der Waals surface area (Å²) in [5, 5.41) is 2.43. The Balaban J connectivity index is 1.37. The molecule has 0 N–H and O–H groups in total. The summed E-state index contributed by atoms with van der Waals surface area (Å²) in [6, 6.07) is 16.4. The van der Waals surface area contributed by atoms with Gasteiger partial charge in [-0.15, -0.1) is 0 Å². The van der Waals surface area contributed by atoms with E-state index in [4.69, 9.17) is 33.2 Å². The van der Waals surface area contributed by atoms with Gasteiger partial charge in [0.05, 0.1) is 15.4 Å².